The molecule has 1 fully saturated rings. The highest BCUT2D eigenvalue weighted by molar-refractivity contribution is 6.32. The lowest BCUT2D eigenvalue weighted by atomic mass is 10.2. The van der Waals surface area contributed by atoms with Crippen molar-refractivity contribution in [1.82, 2.24) is 0 Å². The second kappa shape index (κ2) is 4.55. The zero-order valence-electron chi connectivity index (χ0n) is 8.46. The summed E-state index contributed by atoms with van der Waals surface area (Å²) in [6, 6.07) is 7.51. The van der Waals surface area contributed by atoms with Crippen molar-refractivity contribution in [2.24, 2.45) is 5.92 Å². The Morgan fingerprint density at radius 3 is 2.87 bits per heavy atom. The fourth-order valence-corrected chi connectivity index (χ4v) is 1.77. The number of nitrogens with zero attached hydrogens (tertiary/aromatic N) is 1. The number of hydrogen-bond acceptors (Lipinski definition) is 2. The predicted molar refractivity (Wildman–Crippen MR) is 62.0 cm³/mol. The summed E-state index contributed by atoms with van der Waals surface area (Å²) in [5.74, 6) is 0.936. The van der Waals surface area contributed by atoms with E-state index < -0.39 is 0 Å². The summed E-state index contributed by atoms with van der Waals surface area (Å²) in [7, 11) is 0. The summed E-state index contributed by atoms with van der Waals surface area (Å²) >= 11 is 5.92. The van der Waals surface area contributed by atoms with Gasteiger partial charge in [-0.2, -0.15) is 5.26 Å². The van der Waals surface area contributed by atoms with E-state index in [1.807, 2.05) is 18.2 Å². The van der Waals surface area contributed by atoms with E-state index in [9.17, 15) is 0 Å². The molecule has 1 saturated carbocycles. The summed E-state index contributed by atoms with van der Waals surface area (Å²) in [4.78, 5) is 0. The van der Waals surface area contributed by atoms with Crippen LogP contribution in [0.2, 0.25) is 5.02 Å². The standard InChI is InChI=1S/C12H13ClN2/c13-12-7-11(4-3-10(12)8-14)15-6-5-9-1-2-9/h3-4,7,9,15H,1-2,5-6H2. The van der Waals surface area contributed by atoms with Gasteiger partial charge < -0.3 is 5.32 Å². The molecule has 0 bridgehead atoms. The van der Waals surface area contributed by atoms with Crippen molar-refractivity contribution in [3.8, 4) is 6.07 Å². The van der Waals surface area contributed by atoms with Gasteiger partial charge in [-0.1, -0.05) is 24.4 Å². The molecule has 2 rings (SSSR count). The molecule has 0 amide bonds. The smallest absolute Gasteiger partial charge is 0.101 e. The highest BCUT2D eigenvalue weighted by Crippen LogP contribution is 2.32. The van der Waals surface area contributed by atoms with Gasteiger partial charge in [0.2, 0.25) is 0 Å². The molecule has 0 aromatic heterocycles. The lowest BCUT2D eigenvalue weighted by Crippen LogP contribution is -2.02. The number of halogens is 1. The summed E-state index contributed by atoms with van der Waals surface area (Å²) in [6.07, 6.45) is 4.00. The van der Waals surface area contributed by atoms with Crippen LogP contribution in [0, 0.1) is 17.2 Å². The van der Waals surface area contributed by atoms with Crippen LogP contribution in [0.1, 0.15) is 24.8 Å². The molecule has 1 aliphatic carbocycles. The van der Waals surface area contributed by atoms with E-state index in [-0.39, 0.29) is 0 Å². The third-order valence-corrected chi connectivity index (χ3v) is 2.98. The van der Waals surface area contributed by atoms with Gasteiger partial charge in [0.1, 0.15) is 6.07 Å². The van der Waals surface area contributed by atoms with Crippen LogP contribution >= 0.6 is 11.6 Å². The van der Waals surface area contributed by atoms with Gasteiger partial charge in [-0.3, -0.25) is 0 Å². The Bertz CT molecular complexity index is 391. The largest absolute Gasteiger partial charge is 0.385 e. The summed E-state index contributed by atoms with van der Waals surface area (Å²) in [5, 5.41) is 12.5. The molecule has 0 radical (unpaired) electrons. The van der Waals surface area contributed by atoms with Gasteiger partial charge in [0.05, 0.1) is 10.6 Å². The lowest BCUT2D eigenvalue weighted by Gasteiger charge is -2.06. The first-order chi connectivity index (χ1) is 7.29. The molecule has 1 aromatic rings. The minimum atomic E-state index is 0.522. The van der Waals surface area contributed by atoms with Gasteiger partial charge in [-0.15, -0.1) is 0 Å². The molecule has 3 heteroatoms. The van der Waals surface area contributed by atoms with Gasteiger partial charge in [0, 0.05) is 12.2 Å². The second-order valence-electron chi connectivity index (χ2n) is 3.97. The van der Waals surface area contributed by atoms with E-state index in [1.54, 1.807) is 6.07 Å². The maximum absolute atomic E-state index is 8.71. The van der Waals surface area contributed by atoms with Crippen LogP contribution < -0.4 is 5.32 Å². The highest BCUT2D eigenvalue weighted by Gasteiger charge is 2.20. The van der Waals surface area contributed by atoms with Gasteiger partial charge in [-0.05, 0) is 30.5 Å². The third kappa shape index (κ3) is 2.87. The molecule has 0 unspecified atom stereocenters. The maximum atomic E-state index is 8.71. The topological polar surface area (TPSA) is 35.8 Å². The molecular formula is C12H13ClN2. The zero-order chi connectivity index (χ0) is 10.7. The van der Waals surface area contributed by atoms with Crippen LogP contribution in [0.5, 0.6) is 0 Å². The van der Waals surface area contributed by atoms with Gasteiger partial charge in [0.25, 0.3) is 0 Å². The van der Waals surface area contributed by atoms with Crippen LogP contribution in [0.4, 0.5) is 5.69 Å². The van der Waals surface area contributed by atoms with Crippen LogP contribution in [-0.2, 0) is 0 Å². The van der Waals surface area contributed by atoms with Crippen LogP contribution in [0.15, 0.2) is 18.2 Å². The monoisotopic (exact) mass is 220 g/mol. The maximum Gasteiger partial charge on any atom is 0.101 e. The van der Waals surface area contributed by atoms with E-state index in [0.29, 0.717) is 10.6 Å². The zero-order valence-corrected chi connectivity index (χ0v) is 9.22. The van der Waals surface area contributed by atoms with Crippen molar-refractivity contribution in [1.29, 1.82) is 5.26 Å². The van der Waals surface area contributed by atoms with Crippen LogP contribution in [-0.4, -0.2) is 6.54 Å². The summed E-state index contributed by atoms with van der Waals surface area (Å²) < 4.78 is 0. The first kappa shape index (κ1) is 10.3. The quantitative estimate of drug-likeness (QED) is 0.844. The number of nitriles is 1. The number of anilines is 1. The Hall–Kier alpha value is -1.20. The Labute approximate surface area is 94.9 Å². The van der Waals surface area contributed by atoms with E-state index in [4.69, 9.17) is 16.9 Å². The molecule has 78 valence electrons. The van der Waals surface area contributed by atoms with Crippen molar-refractivity contribution < 1.29 is 0 Å². The average Bonchev–Trinajstić information content (AvgIpc) is 3.02. The van der Waals surface area contributed by atoms with Gasteiger partial charge >= 0.3 is 0 Å². The van der Waals surface area contributed by atoms with Crippen molar-refractivity contribution in [2.75, 3.05) is 11.9 Å². The second-order valence-corrected chi connectivity index (χ2v) is 4.37. The molecule has 0 aliphatic heterocycles. The molecular weight excluding hydrogens is 208 g/mol. The molecule has 1 N–H and O–H groups in total. The summed E-state index contributed by atoms with van der Waals surface area (Å²) in [6.45, 7) is 0.993. The van der Waals surface area contributed by atoms with Crippen molar-refractivity contribution in [2.45, 2.75) is 19.3 Å². The molecule has 1 aromatic carbocycles. The third-order valence-electron chi connectivity index (χ3n) is 2.67. The Balaban J connectivity index is 1.90. The van der Waals surface area contributed by atoms with E-state index >= 15 is 0 Å². The fraction of sp³-hybridized carbons (Fsp3) is 0.417. The Morgan fingerprint density at radius 1 is 1.47 bits per heavy atom. The average molecular weight is 221 g/mol. The van der Waals surface area contributed by atoms with Crippen LogP contribution in [0.25, 0.3) is 0 Å². The molecule has 1 aliphatic rings. The SMILES string of the molecule is N#Cc1ccc(NCCC2CC2)cc1Cl. The van der Waals surface area contributed by atoms with E-state index in [2.05, 4.69) is 5.32 Å². The van der Waals surface area contributed by atoms with E-state index in [0.717, 1.165) is 18.2 Å². The highest BCUT2D eigenvalue weighted by atomic mass is 35.5. The number of nitrogens with one attached hydrogen (secondary N) is 1. The van der Waals surface area contributed by atoms with Crippen LogP contribution in [0.3, 0.4) is 0 Å². The fourth-order valence-electron chi connectivity index (χ4n) is 1.54. The lowest BCUT2D eigenvalue weighted by molar-refractivity contribution is 0.760. The Kier molecular flexibility index (Phi) is 3.13. The first-order valence-corrected chi connectivity index (χ1v) is 5.61. The number of hydrogen-bond donors (Lipinski definition) is 1. The molecule has 15 heavy (non-hydrogen) atoms. The van der Waals surface area contributed by atoms with Crippen molar-refractivity contribution >= 4 is 17.3 Å². The van der Waals surface area contributed by atoms with Crippen molar-refractivity contribution in [3.63, 3.8) is 0 Å². The number of benzene rings is 1. The Morgan fingerprint density at radius 2 is 2.27 bits per heavy atom. The first-order valence-electron chi connectivity index (χ1n) is 5.23. The molecule has 0 saturated heterocycles. The van der Waals surface area contributed by atoms with Crippen molar-refractivity contribution in [3.05, 3.63) is 28.8 Å². The molecule has 0 atom stereocenters. The molecule has 0 spiro atoms. The number of rotatable bonds is 4. The minimum absolute atomic E-state index is 0.522. The predicted octanol–water partition coefficient (Wildman–Crippen LogP) is 3.42. The molecule has 0 heterocycles. The van der Waals surface area contributed by atoms with E-state index in [1.165, 1.54) is 19.3 Å². The summed E-state index contributed by atoms with van der Waals surface area (Å²) in [5.41, 5.74) is 1.53. The van der Waals surface area contributed by atoms with Gasteiger partial charge in [-0.25, -0.2) is 0 Å². The minimum Gasteiger partial charge on any atom is -0.385 e. The molecule has 2 nitrogen and oxygen atoms in total. The van der Waals surface area contributed by atoms with Gasteiger partial charge in [0.15, 0.2) is 0 Å². The normalized spacial score (nSPS) is 14.7.